The van der Waals surface area contributed by atoms with Gasteiger partial charge < -0.3 is 4.90 Å². The lowest BCUT2D eigenvalue weighted by Crippen LogP contribution is -2.25. The summed E-state index contributed by atoms with van der Waals surface area (Å²) >= 11 is 1.53. The normalized spacial score (nSPS) is 10.7. The average Bonchev–Trinajstić information content (AvgIpc) is 2.92. The molecule has 0 aliphatic heterocycles. The monoisotopic (exact) mass is 281 g/mol. The Morgan fingerprint density at radius 2 is 1.75 bits per heavy atom. The highest BCUT2D eigenvalue weighted by atomic mass is 32.1. The fourth-order valence-corrected chi connectivity index (χ4v) is 3.06. The molecule has 1 heterocycles. The van der Waals surface area contributed by atoms with E-state index in [0.29, 0.717) is 0 Å². The van der Waals surface area contributed by atoms with Crippen LogP contribution in [0.2, 0.25) is 0 Å². The number of rotatable bonds is 2. The molecule has 0 unspecified atom stereocenters. The number of hydrogen-bond donors (Lipinski definition) is 0. The lowest BCUT2D eigenvalue weighted by Gasteiger charge is -2.17. The van der Waals surface area contributed by atoms with E-state index in [1.807, 2.05) is 56.4 Å². The predicted octanol–water partition coefficient (Wildman–Crippen LogP) is 4.49. The Hall–Kier alpha value is -2.13. The number of amides is 1. The van der Waals surface area contributed by atoms with Crippen LogP contribution < -0.4 is 4.90 Å². The maximum absolute atomic E-state index is 12.4. The summed E-state index contributed by atoms with van der Waals surface area (Å²) in [4.78, 5) is 16.1. The topological polar surface area (TPSA) is 20.3 Å². The molecule has 0 spiro atoms. The first-order valence-electron chi connectivity index (χ1n) is 6.48. The Morgan fingerprint density at radius 1 is 1.00 bits per heavy atom. The summed E-state index contributed by atoms with van der Waals surface area (Å²) in [6, 6.07) is 18.1. The summed E-state index contributed by atoms with van der Waals surface area (Å²) in [5, 5.41) is 2.33. The van der Waals surface area contributed by atoms with Gasteiger partial charge in [0.1, 0.15) is 0 Å². The molecule has 3 aromatic rings. The molecule has 0 saturated carbocycles. The smallest absolute Gasteiger partial charge is 0.268 e. The van der Waals surface area contributed by atoms with Crippen LogP contribution in [0.1, 0.15) is 14.5 Å². The standard InChI is InChI=1S/C17H15NOS/c1-12-7-10-16(20-12)17(19)18(2)15-9-8-13-5-3-4-6-14(13)11-15/h3-11H,1-2H3. The van der Waals surface area contributed by atoms with Crippen molar-refractivity contribution in [1.29, 1.82) is 0 Å². The summed E-state index contributed by atoms with van der Waals surface area (Å²) < 4.78 is 0. The molecule has 1 amide bonds. The molecule has 0 aliphatic carbocycles. The Bertz CT molecular complexity index is 775. The first-order valence-corrected chi connectivity index (χ1v) is 7.30. The second-order valence-corrected chi connectivity index (χ2v) is 6.09. The van der Waals surface area contributed by atoms with Crippen LogP contribution in [0.4, 0.5) is 5.69 Å². The first kappa shape index (κ1) is 12.9. The molecule has 1 aromatic heterocycles. The molecule has 100 valence electrons. The number of nitrogens with zero attached hydrogens (tertiary/aromatic N) is 1. The molecule has 20 heavy (non-hydrogen) atoms. The first-order chi connectivity index (χ1) is 9.65. The van der Waals surface area contributed by atoms with E-state index in [2.05, 4.69) is 12.1 Å². The van der Waals surface area contributed by atoms with Crippen LogP contribution in [-0.2, 0) is 0 Å². The molecule has 0 atom stereocenters. The highest BCUT2D eigenvalue weighted by Crippen LogP contribution is 2.24. The van der Waals surface area contributed by atoms with Crippen molar-refractivity contribution < 1.29 is 4.79 Å². The van der Waals surface area contributed by atoms with E-state index in [9.17, 15) is 4.79 Å². The van der Waals surface area contributed by atoms with Gasteiger partial charge in [-0.15, -0.1) is 11.3 Å². The van der Waals surface area contributed by atoms with Gasteiger partial charge in [0.05, 0.1) is 4.88 Å². The van der Waals surface area contributed by atoms with Crippen molar-refractivity contribution in [3.63, 3.8) is 0 Å². The van der Waals surface area contributed by atoms with Gasteiger partial charge in [-0.25, -0.2) is 0 Å². The van der Waals surface area contributed by atoms with Gasteiger partial charge in [0.2, 0.25) is 0 Å². The molecule has 3 heteroatoms. The third-order valence-corrected chi connectivity index (χ3v) is 4.36. The van der Waals surface area contributed by atoms with Crippen LogP contribution in [-0.4, -0.2) is 13.0 Å². The van der Waals surface area contributed by atoms with Crippen LogP contribution in [0.5, 0.6) is 0 Å². The largest absolute Gasteiger partial charge is 0.311 e. The maximum atomic E-state index is 12.4. The van der Waals surface area contributed by atoms with Gasteiger partial charge in [-0.3, -0.25) is 4.79 Å². The quantitative estimate of drug-likeness (QED) is 0.678. The predicted molar refractivity (Wildman–Crippen MR) is 85.7 cm³/mol. The zero-order valence-electron chi connectivity index (χ0n) is 11.5. The van der Waals surface area contributed by atoms with Crippen LogP contribution in [0.25, 0.3) is 10.8 Å². The van der Waals surface area contributed by atoms with E-state index in [1.54, 1.807) is 4.90 Å². The summed E-state index contributed by atoms with van der Waals surface area (Å²) in [6.07, 6.45) is 0. The average molecular weight is 281 g/mol. The lowest BCUT2D eigenvalue weighted by molar-refractivity contribution is 0.0997. The summed E-state index contributed by atoms with van der Waals surface area (Å²) in [5.41, 5.74) is 0.916. The number of thiophene rings is 1. The number of aryl methyl sites for hydroxylation is 1. The molecule has 2 aromatic carbocycles. The Kier molecular flexibility index (Phi) is 3.28. The van der Waals surface area contributed by atoms with Crippen molar-refractivity contribution in [2.45, 2.75) is 6.92 Å². The molecule has 2 nitrogen and oxygen atoms in total. The molecule has 0 bridgehead atoms. The van der Waals surface area contributed by atoms with Crippen LogP contribution in [0.15, 0.2) is 54.6 Å². The zero-order valence-corrected chi connectivity index (χ0v) is 12.3. The van der Waals surface area contributed by atoms with Crippen LogP contribution in [0.3, 0.4) is 0 Å². The number of fused-ring (bicyclic) bond motifs is 1. The van der Waals surface area contributed by atoms with Gasteiger partial charge in [-0.2, -0.15) is 0 Å². The molecule has 0 aliphatic rings. The van der Waals surface area contributed by atoms with Crippen molar-refractivity contribution in [1.82, 2.24) is 0 Å². The maximum Gasteiger partial charge on any atom is 0.268 e. The SMILES string of the molecule is Cc1ccc(C(=O)N(C)c2ccc3ccccc3c2)s1. The molecule has 0 radical (unpaired) electrons. The van der Waals surface area contributed by atoms with E-state index >= 15 is 0 Å². The van der Waals surface area contributed by atoms with Crippen molar-refractivity contribution in [3.05, 3.63) is 64.4 Å². The number of carbonyl (C=O) groups excluding carboxylic acids is 1. The van der Waals surface area contributed by atoms with Gasteiger partial charge in [-0.1, -0.05) is 30.3 Å². The van der Waals surface area contributed by atoms with E-state index < -0.39 is 0 Å². The van der Waals surface area contributed by atoms with Crippen molar-refractivity contribution in [2.75, 3.05) is 11.9 Å². The zero-order chi connectivity index (χ0) is 14.1. The number of anilines is 1. The fraction of sp³-hybridized carbons (Fsp3) is 0.118. The second-order valence-electron chi connectivity index (χ2n) is 4.81. The molecular weight excluding hydrogens is 266 g/mol. The Labute approximate surface area is 122 Å². The molecule has 0 N–H and O–H groups in total. The van der Waals surface area contributed by atoms with E-state index in [1.165, 1.54) is 16.7 Å². The number of benzene rings is 2. The minimum atomic E-state index is 0.0402. The third-order valence-electron chi connectivity index (χ3n) is 3.38. The van der Waals surface area contributed by atoms with Crippen LogP contribution >= 0.6 is 11.3 Å². The molecule has 0 fully saturated rings. The second kappa shape index (κ2) is 5.10. The molecule has 3 rings (SSSR count). The summed E-state index contributed by atoms with van der Waals surface area (Å²) in [6.45, 7) is 2.01. The highest BCUT2D eigenvalue weighted by Gasteiger charge is 2.15. The number of carbonyl (C=O) groups is 1. The van der Waals surface area contributed by atoms with E-state index in [-0.39, 0.29) is 5.91 Å². The van der Waals surface area contributed by atoms with Gasteiger partial charge >= 0.3 is 0 Å². The van der Waals surface area contributed by atoms with E-state index in [4.69, 9.17) is 0 Å². The van der Waals surface area contributed by atoms with Gasteiger partial charge in [-0.05, 0) is 42.0 Å². The summed E-state index contributed by atoms with van der Waals surface area (Å²) in [7, 11) is 1.82. The van der Waals surface area contributed by atoms with Crippen molar-refractivity contribution >= 4 is 33.7 Å². The van der Waals surface area contributed by atoms with Gasteiger partial charge in [0, 0.05) is 17.6 Å². The van der Waals surface area contributed by atoms with Crippen molar-refractivity contribution in [3.8, 4) is 0 Å². The number of hydrogen-bond acceptors (Lipinski definition) is 2. The molecular formula is C17H15NOS. The van der Waals surface area contributed by atoms with E-state index in [0.717, 1.165) is 20.8 Å². The Balaban J connectivity index is 1.95. The van der Waals surface area contributed by atoms with Crippen molar-refractivity contribution in [2.24, 2.45) is 0 Å². The lowest BCUT2D eigenvalue weighted by atomic mass is 10.1. The highest BCUT2D eigenvalue weighted by molar-refractivity contribution is 7.14. The summed E-state index contributed by atoms with van der Waals surface area (Å²) in [5.74, 6) is 0.0402. The molecule has 0 saturated heterocycles. The minimum Gasteiger partial charge on any atom is -0.311 e. The van der Waals surface area contributed by atoms with Gasteiger partial charge in [0.15, 0.2) is 0 Å². The van der Waals surface area contributed by atoms with Crippen LogP contribution in [0, 0.1) is 6.92 Å². The fourth-order valence-electron chi connectivity index (χ4n) is 2.22. The minimum absolute atomic E-state index is 0.0402. The third kappa shape index (κ3) is 2.32. The van der Waals surface area contributed by atoms with Gasteiger partial charge in [0.25, 0.3) is 5.91 Å². The Morgan fingerprint density at radius 3 is 2.45 bits per heavy atom.